The molecule has 15 heavy (non-hydrogen) atoms. The highest BCUT2D eigenvalue weighted by atomic mass is 16.3. The molecule has 0 atom stereocenters. The zero-order valence-electron chi connectivity index (χ0n) is 9.29. The molecule has 0 bridgehead atoms. The van der Waals surface area contributed by atoms with Crippen molar-refractivity contribution in [3.8, 4) is 23.0 Å². The number of phenolic OH excluding ortho intramolecular Hbond substituents is 4. The monoisotopic (exact) mass is 212 g/mol. The van der Waals surface area contributed by atoms with Gasteiger partial charge in [0.25, 0.3) is 0 Å². The summed E-state index contributed by atoms with van der Waals surface area (Å²) in [7, 11) is 0. The van der Waals surface area contributed by atoms with Crippen LogP contribution in [0.1, 0.15) is 31.9 Å². The number of rotatable bonds is 0. The summed E-state index contributed by atoms with van der Waals surface area (Å²) < 4.78 is 0. The molecule has 1 aromatic carbocycles. The lowest BCUT2D eigenvalue weighted by Gasteiger charge is -2.23. The summed E-state index contributed by atoms with van der Waals surface area (Å²) >= 11 is 0. The van der Waals surface area contributed by atoms with Gasteiger partial charge in [0.1, 0.15) is 0 Å². The van der Waals surface area contributed by atoms with Gasteiger partial charge in [-0.25, -0.2) is 0 Å². The number of hydrogen-bond acceptors (Lipinski definition) is 4. The third kappa shape index (κ3) is 1.67. The topological polar surface area (TPSA) is 80.9 Å². The van der Waals surface area contributed by atoms with E-state index in [0.717, 1.165) is 0 Å². The van der Waals surface area contributed by atoms with Crippen LogP contribution in [0.25, 0.3) is 0 Å². The standard InChI is InChI=1S/C11H16O4/c1-5-7(12)9(14)6(11(2,3)4)10(15)8(5)13/h12-15H,1-4H3. The molecule has 0 aliphatic heterocycles. The first-order chi connectivity index (χ1) is 6.68. The third-order valence-electron chi connectivity index (χ3n) is 2.38. The van der Waals surface area contributed by atoms with Gasteiger partial charge in [0.2, 0.25) is 0 Å². The maximum atomic E-state index is 9.70. The molecule has 4 nitrogen and oxygen atoms in total. The highest BCUT2D eigenvalue weighted by Gasteiger charge is 2.28. The van der Waals surface area contributed by atoms with E-state index in [1.165, 1.54) is 6.92 Å². The fourth-order valence-electron chi connectivity index (χ4n) is 1.53. The molecule has 0 heterocycles. The van der Waals surface area contributed by atoms with Crippen LogP contribution in [-0.4, -0.2) is 20.4 Å². The van der Waals surface area contributed by atoms with Crippen LogP contribution in [0.2, 0.25) is 0 Å². The lowest BCUT2D eigenvalue weighted by atomic mass is 9.84. The van der Waals surface area contributed by atoms with Crippen molar-refractivity contribution < 1.29 is 20.4 Å². The number of hydrogen-bond donors (Lipinski definition) is 4. The minimum Gasteiger partial charge on any atom is -0.504 e. The van der Waals surface area contributed by atoms with Crippen molar-refractivity contribution in [3.63, 3.8) is 0 Å². The zero-order chi connectivity index (χ0) is 12.0. The molecule has 0 unspecified atom stereocenters. The van der Waals surface area contributed by atoms with Crippen molar-refractivity contribution in [2.75, 3.05) is 0 Å². The Morgan fingerprint density at radius 3 is 1.33 bits per heavy atom. The van der Waals surface area contributed by atoms with Gasteiger partial charge < -0.3 is 20.4 Å². The van der Waals surface area contributed by atoms with Crippen molar-refractivity contribution in [2.24, 2.45) is 0 Å². The molecule has 0 amide bonds. The second-order valence-corrected chi connectivity index (χ2v) is 4.64. The normalized spacial score (nSPS) is 11.7. The van der Waals surface area contributed by atoms with Crippen molar-refractivity contribution in [1.29, 1.82) is 0 Å². The summed E-state index contributed by atoms with van der Waals surface area (Å²) in [5, 5.41) is 38.5. The molecule has 84 valence electrons. The van der Waals surface area contributed by atoms with Gasteiger partial charge in [-0.15, -0.1) is 0 Å². The molecule has 0 aliphatic rings. The highest BCUT2D eigenvalue weighted by molar-refractivity contribution is 5.65. The van der Waals surface area contributed by atoms with E-state index >= 15 is 0 Å². The molecular formula is C11H16O4. The second kappa shape index (κ2) is 3.22. The Bertz CT molecular complexity index is 373. The summed E-state index contributed by atoms with van der Waals surface area (Å²) in [6, 6.07) is 0. The molecule has 4 heteroatoms. The van der Waals surface area contributed by atoms with Crippen LogP contribution in [0.3, 0.4) is 0 Å². The molecule has 0 radical (unpaired) electrons. The minimum atomic E-state index is -0.573. The molecule has 4 N–H and O–H groups in total. The lowest BCUT2D eigenvalue weighted by Crippen LogP contribution is -2.12. The van der Waals surface area contributed by atoms with Crippen molar-refractivity contribution in [1.82, 2.24) is 0 Å². The van der Waals surface area contributed by atoms with E-state index in [0.29, 0.717) is 0 Å². The van der Waals surface area contributed by atoms with Crippen molar-refractivity contribution >= 4 is 0 Å². The maximum absolute atomic E-state index is 9.70. The lowest BCUT2D eigenvalue weighted by molar-refractivity contribution is 0.347. The van der Waals surface area contributed by atoms with Gasteiger partial charge in [-0.1, -0.05) is 20.8 Å². The van der Waals surface area contributed by atoms with Gasteiger partial charge in [0.15, 0.2) is 23.0 Å². The number of benzene rings is 1. The molecule has 1 aromatic rings. The summed E-state index contributed by atoms with van der Waals surface area (Å²) in [6.45, 7) is 6.69. The largest absolute Gasteiger partial charge is 0.504 e. The summed E-state index contributed by atoms with van der Waals surface area (Å²) in [5.41, 5.74) is -0.363. The Labute approximate surface area is 88.4 Å². The predicted octanol–water partition coefficient (Wildman–Crippen LogP) is 2.11. The highest BCUT2D eigenvalue weighted by Crippen LogP contribution is 2.50. The van der Waals surface area contributed by atoms with E-state index in [-0.39, 0.29) is 22.6 Å². The Morgan fingerprint density at radius 1 is 0.733 bits per heavy atom. The molecule has 0 spiro atoms. The average molecular weight is 212 g/mol. The average Bonchev–Trinajstić information content (AvgIpc) is 2.09. The summed E-state index contributed by atoms with van der Waals surface area (Å²) in [6.07, 6.45) is 0. The van der Waals surface area contributed by atoms with Gasteiger partial charge in [0, 0.05) is 11.1 Å². The summed E-state index contributed by atoms with van der Waals surface area (Å²) in [5.74, 6) is -1.55. The van der Waals surface area contributed by atoms with Crippen LogP contribution < -0.4 is 0 Å². The first-order valence-electron chi connectivity index (χ1n) is 4.64. The van der Waals surface area contributed by atoms with Crippen molar-refractivity contribution in [2.45, 2.75) is 33.1 Å². The molecule has 0 saturated heterocycles. The van der Waals surface area contributed by atoms with E-state index in [2.05, 4.69) is 0 Å². The smallest absolute Gasteiger partial charge is 0.165 e. The first-order valence-corrected chi connectivity index (χ1v) is 4.64. The molecule has 0 aromatic heterocycles. The number of aromatic hydroxyl groups is 4. The molecule has 0 aliphatic carbocycles. The second-order valence-electron chi connectivity index (χ2n) is 4.64. The minimum absolute atomic E-state index is 0.0676. The van der Waals surface area contributed by atoms with E-state index in [1.807, 2.05) is 0 Å². The summed E-state index contributed by atoms with van der Waals surface area (Å²) in [4.78, 5) is 0. The van der Waals surface area contributed by atoms with Crippen molar-refractivity contribution in [3.05, 3.63) is 11.1 Å². The predicted molar refractivity (Wildman–Crippen MR) is 56.5 cm³/mol. The Hall–Kier alpha value is -1.58. The van der Waals surface area contributed by atoms with E-state index in [9.17, 15) is 20.4 Å². The number of phenols is 4. The fourth-order valence-corrected chi connectivity index (χ4v) is 1.53. The van der Waals surface area contributed by atoms with Crippen LogP contribution >= 0.6 is 0 Å². The fraction of sp³-hybridized carbons (Fsp3) is 0.455. The Balaban J connectivity index is 3.68. The van der Waals surface area contributed by atoms with E-state index in [1.54, 1.807) is 20.8 Å². The SMILES string of the molecule is Cc1c(O)c(O)c(C(C)(C)C)c(O)c1O. The zero-order valence-corrected chi connectivity index (χ0v) is 9.29. The van der Waals surface area contributed by atoms with Crippen LogP contribution in [-0.2, 0) is 5.41 Å². The van der Waals surface area contributed by atoms with Crippen LogP contribution in [0.15, 0.2) is 0 Å². The van der Waals surface area contributed by atoms with E-state index in [4.69, 9.17) is 0 Å². The van der Waals surface area contributed by atoms with Crippen LogP contribution in [0.4, 0.5) is 0 Å². The quantitative estimate of drug-likeness (QED) is 0.392. The molecule has 1 rings (SSSR count). The van der Waals surface area contributed by atoms with Gasteiger partial charge in [-0.05, 0) is 12.3 Å². The van der Waals surface area contributed by atoms with Crippen LogP contribution in [0.5, 0.6) is 23.0 Å². The van der Waals surface area contributed by atoms with Gasteiger partial charge >= 0.3 is 0 Å². The molecule has 0 fully saturated rings. The van der Waals surface area contributed by atoms with Gasteiger partial charge in [-0.3, -0.25) is 0 Å². The Kier molecular flexibility index (Phi) is 2.47. The third-order valence-corrected chi connectivity index (χ3v) is 2.38. The maximum Gasteiger partial charge on any atom is 0.165 e. The Morgan fingerprint density at radius 2 is 1.07 bits per heavy atom. The van der Waals surface area contributed by atoms with Crippen LogP contribution in [0, 0.1) is 6.92 Å². The van der Waals surface area contributed by atoms with E-state index < -0.39 is 16.9 Å². The first kappa shape index (κ1) is 11.5. The van der Waals surface area contributed by atoms with Gasteiger partial charge in [-0.2, -0.15) is 0 Å². The molecular weight excluding hydrogens is 196 g/mol. The molecule has 0 saturated carbocycles. The van der Waals surface area contributed by atoms with Gasteiger partial charge in [0.05, 0.1) is 0 Å².